The van der Waals surface area contributed by atoms with Gasteiger partial charge in [-0.3, -0.25) is 4.79 Å². The van der Waals surface area contributed by atoms with Crippen molar-refractivity contribution in [2.75, 3.05) is 5.73 Å². The number of H-pyrrole nitrogens is 1. The monoisotopic (exact) mass is 246 g/mol. The van der Waals surface area contributed by atoms with Crippen LogP contribution in [-0.4, -0.2) is 21.2 Å². The summed E-state index contributed by atoms with van der Waals surface area (Å²) in [5.41, 5.74) is 6.08. The van der Waals surface area contributed by atoms with Crippen LogP contribution in [0.15, 0.2) is 0 Å². The molecule has 18 heavy (non-hydrogen) atoms. The van der Waals surface area contributed by atoms with Crippen molar-refractivity contribution >= 4 is 11.6 Å². The summed E-state index contributed by atoms with van der Waals surface area (Å²) in [5, 5.41) is 10.2. The standard InChI is InChI=1S/C13H18N4O/c14-13-11(15-17-16-13)12(18)10-8-2-6-1-7(4-8)5-9(10)3-6/h6-10H,1-5H2,(H3,14,15,16,17). The van der Waals surface area contributed by atoms with Gasteiger partial charge in [0.05, 0.1) is 0 Å². The third-order valence-electron chi connectivity index (χ3n) is 5.34. The maximum atomic E-state index is 12.6. The highest BCUT2D eigenvalue weighted by Crippen LogP contribution is 2.57. The number of aromatic amines is 1. The van der Waals surface area contributed by atoms with E-state index in [2.05, 4.69) is 15.4 Å². The minimum atomic E-state index is 0.134. The number of hydrogen-bond acceptors (Lipinski definition) is 4. The molecular weight excluding hydrogens is 228 g/mol. The normalized spacial score (nSPS) is 41.2. The molecule has 4 aliphatic carbocycles. The predicted octanol–water partition coefficient (Wildman–Crippen LogP) is 1.64. The Kier molecular flexibility index (Phi) is 2.08. The Morgan fingerprint density at radius 1 is 1.06 bits per heavy atom. The lowest BCUT2D eigenvalue weighted by Crippen LogP contribution is -2.48. The molecule has 1 aromatic rings. The van der Waals surface area contributed by atoms with Crippen molar-refractivity contribution in [1.29, 1.82) is 0 Å². The number of nitrogens with two attached hydrogens (primary N) is 1. The van der Waals surface area contributed by atoms with Gasteiger partial charge in [-0.1, -0.05) is 0 Å². The van der Waals surface area contributed by atoms with Gasteiger partial charge in [-0.2, -0.15) is 10.3 Å². The predicted molar refractivity (Wildman–Crippen MR) is 65.7 cm³/mol. The van der Waals surface area contributed by atoms with Gasteiger partial charge in [-0.05, 0) is 55.8 Å². The summed E-state index contributed by atoms with van der Waals surface area (Å²) in [7, 11) is 0. The largest absolute Gasteiger partial charge is 0.380 e. The van der Waals surface area contributed by atoms with E-state index in [4.69, 9.17) is 5.73 Å². The van der Waals surface area contributed by atoms with Crippen LogP contribution in [0.5, 0.6) is 0 Å². The fourth-order valence-electron chi connectivity index (χ4n) is 4.93. The van der Waals surface area contributed by atoms with Gasteiger partial charge < -0.3 is 5.73 Å². The summed E-state index contributed by atoms with van der Waals surface area (Å²) in [5.74, 6) is 3.46. The molecule has 4 bridgehead atoms. The minimum absolute atomic E-state index is 0.134. The zero-order valence-electron chi connectivity index (χ0n) is 10.3. The van der Waals surface area contributed by atoms with Crippen LogP contribution in [0.3, 0.4) is 0 Å². The third-order valence-corrected chi connectivity index (χ3v) is 5.34. The van der Waals surface area contributed by atoms with Crippen LogP contribution in [0, 0.1) is 29.6 Å². The maximum absolute atomic E-state index is 12.6. The molecule has 4 aliphatic rings. The van der Waals surface area contributed by atoms with Gasteiger partial charge in [-0.15, -0.1) is 5.10 Å². The van der Waals surface area contributed by atoms with Gasteiger partial charge >= 0.3 is 0 Å². The molecule has 1 heterocycles. The van der Waals surface area contributed by atoms with Crippen molar-refractivity contribution in [2.45, 2.75) is 32.1 Å². The van der Waals surface area contributed by atoms with Crippen molar-refractivity contribution in [3.05, 3.63) is 5.69 Å². The van der Waals surface area contributed by atoms with E-state index in [1.165, 1.54) is 32.1 Å². The van der Waals surface area contributed by atoms with E-state index in [0.29, 0.717) is 17.5 Å². The number of carbonyl (C=O) groups is 1. The van der Waals surface area contributed by atoms with Crippen LogP contribution < -0.4 is 5.73 Å². The van der Waals surface area contributed by atoms with Gasteiger partial charge in [0.1, 0.15) is 0 Å². The lowest BCUT2D eigenvalue weighted by atomic mass is 9.51. The van der Waals surface area contributed by atoms with Gasteiger partial charge in [0, 0.05) is 5.92 Å². The Morgan fingerprint density at radius 2 is 1.67 bits per heavy atom. The lowest BCUT2D eigenvalue weighted by molar-refractivity contribution is -0.0252. The second-order valence-corrected chi connectivity index (χ2v) is 6.38. The van der Waals surface area contributed by atoms with Gasteiger partial charge in [0.25, 0.3) is 0 Å². The summed E-state index contributed by atoms with van der Waals surface area (Å²) in [6.45, 7) is 0. The number of nitrogens with one attached hydrogen (secondary N) is 1. The van der Waals surface area contributed by atoms with E-state index in [1.54, 1.807) is 0 Å². The first-order valence-electron chi connectivity index (χ1n) is 6.93. The summed E-state index contributed by atoms with van der Waals surface area (Å²) < 4.78 is 0. The fourth-order valence-corrected chi connectivity index (χ4v) is 4.93. The van der Waals surface area contributed by atoms with E-state index < -0.39 is 0 Å². The van der Waals surface area contributed by atoms with Crippen molar-refractivity contribution < 1.29 is 4.79 Å². The van der Waals surface area contributed by atoms with Crippen molar-refractivity contribution in [3.8, 4) is 0 Å². The molecule has 0 radical (unpaired) electrons. The first-order chi connectivity index (χ1) is 8.72. The summed E-state index contributed by atoms with van der Waals surface area (Å²) >= 11 is 0. The van der Waals surface area contributed by atoms with Crippen LogP contribution in [0.2, 0.25) is 0 Å². The van der Waals surface area contributed by atoms with Gasteiger partial charge in [0.2, 0.25) is 0 Å². The molecule has 96 valence electrons. The van der Waals surface area contributed by atoms with Crippen molar-refractivity contribution in [1.82, 2.24) is 15.4 Å². The molecule has 4 fully saturated rings. The minimum Gasteiger partial charge on any atom is -0.380 e. The second-order valence-electron chi connectivity index (χ2n) is 6.38. The molecular formula is C13H18N4O. The van der Waals surface area contributed by atoms with E-state index in [1.807, 2.05) is 0 Å². The molecule has 5 heteroatoms. The molecule has 0 aromatic carbocycles. The molecule has 5 rings (SSSR count). The Bertz CT molecular complexity index is 467. The number of anilines is 1. The number of hydrogen-bond donors (Lipinski definition) is 2. The van der Waals surface area contributed by atoms with Crippen LogP contribution in [0.1, 0.15) is 42.6 Å². The first-order valence-corrected chi connectivity index (χ1v) is 6.93. The molecule has 1 aromatic heterocycles. The highest BCUT2D eigenvalue weighted by atomic mass is 16.1. The highest BCUT2D eigenvalue weighted by Gasteiger charge is 2.51. The average Bonchev–Trinajstić information content (AvgIpc) is 2.73. The van der Waals surface area contributed by atoms with E-state index in [9.17, 15) is 4.79 Å². The van der Waals surface area contributed by atoms with E-state index >= 15 is 0 Å². The van der Waals surface area contributed by atoms with Crippen molar-refractivity contribution in [2.24, 2.45) is 29.6 Å². The molecule has 0 saturated heterocycles. The molecule has 0 aliphatic heterocycles. The number of nitrogen functional groups attached to an aromatic ring is 1. The van der Waals surface area contributed by atoms with Crippen LogP contribution in [0.25, 0.3) is 0 Å². The Labute approximate surface area is 106 Å². The van der Waals surface area contributed by atoms with Gasteiger partial charge in [0.15, 0.2) is 17.3 Å². The first kappa shape index (κ1) is 10.5. The second kappa shape index (κ2) is 3.56. The van der Waals surface area contributed by atoms with Crippen LogP contribution >= 0.6 is 0 Å². The molecule has 0 atom stereocenters. The fraction of sp³-hybridized carbons (Fsp3) is 0.769. The SMILES string of the molecule is Nc1n[nH]nc1C(=O)C1C2CC3CC(C2)CC1C3. The summed E-state index contributed by atoms with van der Waals surface area (Å²) in [4.78, 5) is 12.6. The molecule has 0 spiro atoms. The summed E-state index contributed by atoms with van der Waals surface area (Å²) in [6.07, 6.45) is 6.35. The van der Waals surface area contributed by atoms with E-state index in [0.717, 1.165) is 11.8 Å². The number of ketones is 1. The zero-order chi connectivity index (χ0) is 12.3. The molecule has 5 nitrogen and oxygen atoms in total. The topological polar surface area (TPSA) is 84.7 Å². The third kappa shape index (κ3) is 1.36. The highest BCUT2D eigenvalue weighted by molar-refractivity contribution is 6.00. The molecule has 3 N–H and O–H groups in total. The van der Waals surface area contributed by atoms with Gasteiger partial charge in [-0.25, -0.2) is 0 Å². The molecule has 0 amide bonds. The summed E-state index contributed by atoms with van der Waals surface area (Å²) in [6, 6.07) is 0. The van der Waals surface area contributed by atoms with Crippen LogP contribution in [0.4, 0.5) is 5.82 Å². The molecule has 0 unspecified atom stereocenters. The Morgan fingerprint density at radius 3 is 2.17 bits per heavy atom. The number of nitrogens with zero attached hydrogens (tertiary/aromatic N) is 2. The zero-order valence-corrected chi connectivity index (χ0v) is 10.3. The Balaban J connectivity index is 1.65. The number of aromatic nitrogens is 3. The number of Topliss-reactive ketones (excluding diaryl/α,β-unsaturated/α-hetero) is 1. The maximum Gasteiger partial charge on any atom is 0.190 e. The number of carbonyl (C=O) groups excluding carboxylic acids is 1. The molecule has 4 saturated carbocycles. The smallest absolute Gasteiger partial charge is 0.190 e. The van der Waals surface area contributed by atoms with Crippen molar-refractivity contribution in [3.63, 3.8) is 0 Å². The van der Waals surface area contributed by atoms with E-state index in [-0.39, 0.29) is 17.5 Å². The van der Waals surface area contributed by atoms with Crippen LogP contribution in [-0.2, 0) is 0 Å². The quantitative estimate of drug-likeness (QED) is 0.777. The lowest BCUT2D eigenvalue weighted by Gasteiger charge is -2.53. The Hall–Kier alpha value is -1.39. The average molecular weight is 246 g/mol. The number of rotatable bonds is 2.